The molecule has 0 saturated heterocycles. The number of rotatable bonds is 9. The van der Waals surface area contributed by atoms with Crippen molar-refractivity contribution in [1.82, 2.24) is 4.90 Å². The van der Waals surface area contributed by atoms with Crippen molar-refractivity contribution in [2.24, 2.45) is 0 Å². The molecule has 2 aromatic rings. The lowest BCUT2D eigenvalue weighted by Crippen LogP contribution is -2.34. The van der Waals surface area contributed by atoms with Gasteiger partial charge in [0, 0.05) is 25.4 Å². The number of nitrogens with zero attached hydrogens (tertiary/aromatic N) is 1. The summed E-state index contributed by atoms with van der Waals surface area (Å²) in [6.45, 7) is 3.05. The second kappa shape index (κ2) is 10.4. The number of benzene rings is 2. The predicted octanol–water partition coefficient (Wildman–Crippen LogP) is 3.12. The zero-order chi connectivity index (χ0) is 18.8. The highest BCUT2D eigenvalue weighted by Crippen LogP contribution is 2.11. The maximum absolute atomic E-state index is 12.6. The van der Waals surface area contributed by atoms with Crippen LogP contribution in [0.3, 0.4) is 0 Å². The van der Waals surface area contributed by atoms with Crippen molar-refractivity contribution in [2.75, 3.05) is 18.5 Å². The first-order valence-corrected chi connectivity index (χ1v) is 8.87. The molecular formula is C21H26N2O3. The van der Waals surface area contributed by atoms with E-state index in [4.69, 9.17) is 5.11 Å². The molecule has 0 aliphatic heterocycles. The Morgan fingerprint density at radius 1 is 1.00 bits per heavy atom. The number of hydrogen-bond donors (Lipinski definition) is 2. The number of aryl methyl sites for hydroxylation is 1. The van der Waals surface area contributed by atoms with Crippen molar-refractivity contribution in [3.05, 3.63) is 65.7 Å². The zero-order valence-electron chi connectivity index (χ0n) is 15.1. The molecule has 0 fully saturated rings. The summed E-state index contributed by atoms with van der Waals surface area (Å²) in [5.74, 6) is -0.532. The van der Waals surface area contributed by atoms with E-state index in [1.165, 1.54) is 0 Å². The molecule has 2 aromatic carbocycles. The first-order valence-electron chi connectivity index (χ1n) is 8.87. The average Bonchev–Trinajstić information content (AvgIpc) is 2.63. The fourth-order valence-electron chi connectivity index (χ4n) is 2.60. The summed E-state index contributed by atoms with van der Waals surface area (Å²) in [5, 5.41) is 11.7. The molecule has 2 amide bonds. The highest BCUT2D eigenvalue weighted by Gasteiger charge is 2.17. The lowest BCUT2D eigenvalue weighted by Gasteiger charge is -2.23. The number of aliphatic hydroxyl groups is 1. The minimum absolute atomic E-state index is 0.0985. The Kier molecular flexibility index (Phi) is 7.83. The van der Waals surface area contributed by atoms with Gasteiger partial charge in [-0.3, -0.25) is 9.59 Å². The lowest BCUT2D eigenvalue weighted by atomic mass is 10.2. The number of nitrogens with one attached hydrogen (secondary N) is 1. The van der Waals surface area contributed by atoms with Crippen LogP contribution in [0.4, 0.5) is 5.69 Å². The summed E-state index contributed by atoms with van der Waals surface area (Å²) in [7, 11) is 0. The monoisotopic (exact) mass is 354 g/mol. The third kappa shape index (κ3) is 6.69. The average molecular weight is 354 g/mol. The van der Waals surface area contributed by atoms with Crippen molar-refractivity contribution in [1.29, 1.82) is 0 Å². The second-order valence-electron chi connectivity index (χ2n) is 6.32. The minimum atomic E-state index is -0.320. The van der Waals surface area contributed by atoms with Gasteiger partial charge in [0.2, 0.25) is 11.8 Å². The molecule has 0 spiro atoms. The van der Waals surface area contributed by atoms with Crippen molar-refractivity contribution in [3.8, 4) is 0 Å². The van der Waals surface area contributed by atoms with Gasteiger partial charge in [0.05, 0.1) is 0 Å². The van der Waals surface area contributed by atoms with Gasteiger partial charge in [0.25, 0.3) is 0 Å². The molecule has 0 bridgehead atoms. The second-order valence-corrected chi connectivity index (χ2v) is 6.32. The summed E-state index contributed by atoms with van der Waals surface area (Å²) in [5.41, 5.74) is 2.81. The van der Waals surface area contributed by atoms with Crippen LogP contribution in [-0.4, -0.2) is 35.0 Å². The quantitative estimate of drug-likeness (QED) is 0.537. The van der Waals surface area contributed by atoms with Crippen molar-refractivity contribution < 1.29 is 14.7 Å². The normalized spacial score (nSPS) is 10.4. The van der Waals surface area contributed by atoms with Crippen LogP contribution in [0.15, 0.2) is 54.6 Å². The standard InChI is InChI=1S/C21H26N2O3/c1-17-9-11-19(12-10-17)22-20(25)15-21(26)23(13-5-6-14-24)16-18-7-3-2-4-8-18/h2-4,7-12,24H,5-6,13-16H2,1H3,(H,22,25). The Balaban J connectivity index is 1.95. The van der Waals surface area contributed by atoms with E-state index in [1.807, 2.05) is 61.5 Å². The van der Waals surface area contributed by atoms with Crippen LogP contribution in [0.1, 0.15) is 30.4 Å². The van der Waals surface area contributed by atoms with Gasteiger partial charge in [0.15, 0.2) is 0 Å². The van der Waals surface area contributed by atoms with Crippen molar-refractivity contribution in [3.63, 3.8) is 0 Å². The molecule has 2 rings (SSSR count). The number of unbranched alkanes of at least 4 members (excludes halogenated alkanes) is 1. The van der Waals surface area contributed by atoms with Crippen LogP contribution in [0.2, 0.25) is 0 Å². The molecule has 0 unspecified atom stereocenters. The van der Waals surface area contributed by atoms with Crippen LogP contribution >= 0.6 is 0 Å². The van der Waals surface area contributed by atoms with E-state index in [2.05, 4.69) is 5.32 Å². The molecule has 0 aliphatic rings. The van der Waals surface area contributed by atoms with Gasteiger partial charge in [-0.1, -0.05) is 48.0 Å². The number of aliphatic hydroxyl groups excluding tert-OH is 1. The lowest BCUT2D eigenvalue weighted by molar-refractivity contribution is -0.135. The number of hydrogen-bond acceptors (Lipinski definition) is 3. The van der Waals surface area contributed by atoms with E-state index in [9.17, 15) is 9.59 Å². The van der Waals surface area contributed by atoms with E-state index < -0.39 is 0 Å². The topological polar surface area (TPSA) is 69.6 Å². The van der Waals surface area contributed by atoms with Gasteiger partial charge in [-0.25, -0.2) is 0 Å². The fourth-order valence-corrected chi connectivity index (χ4v) is 2.60. The molecule has 5 nitrogen and oxygen atoms in total. The zero-order valence-corrected chi connectivity index (χ0v) is 15.1. The number of carbonyl (C=O) groups is 2. The summed E-state index contributed by atoms with van der Waals surface area (Å²) in [4.78, 5) is 26.5. The fraction of sp³-hybridized carbons (Fsp3) is 0.333. The SMILES string of the molecule is Cc1ccc(NC(=O)CC(=O)N(CCCCO)Cc2ccccc2)cc1. The van der Waals surface area contributed by atoms with E-state index in [1.54, 1.807) is 4.90 Å². The van der Waals surface area contributed by atoms with Crippen LogP contribution < -0.4 is 5.32 Å². The van der Waals surface area contributed by atoms with E-state index in [0.29, 0.717) is 31.6 Å². The third-order valence-corrected chi connectivity index (χ3v) is 4.05. The van der Waals surface area contributed by atoms with Crippen LogP contribution in [0.25, 0.3) is 0 Å². The van der Waals surface area contributed by atoms with Crippen LogP contribution in [0.5, 0.6) is 0 Å². The van der Waals surface area contributed by atoms with Crippen LogP contribution in [0, 0.1) is 6.92 Å². The molecule has 0 atom stereocenters. The van der Waals surface area contributed by atoms with Gasteiger partial charge >= 0.3 is 0 Å². The third-order valence-electron chi connectivity index (χ3n) is 4.05. The highest BCUT2D eigenvalue weighted by molar-refractivity contribution is 6.03. The van der Waals surface area contributed by atoms with Gasteiger partial charge in [-0.05, 0) is 37.5 Å². The summed E-state index contributed by atoms with van der Waals surface area (Å²) in [6, 6.07) is 17.2. The van der Waals surface area contributed by atoms with Crippen LogP contribution in [-0.2, 0) is 16.1 Å². The van der Waals surface area contributed by atoms with Crippen molar-refractivity contribution in [2.45, 2.75) is 32.7 Å². The maximum atomic E-state index is 12.6. The number of amides is 2. The molecule has 0 aliphatic carbocycles. The predicted molar refractivity (Wildman–Crippen MR) is 103 cm³/mol. The van der Waals surface area contributed by atoms with Crippen molar-refractivity contribution >= 4 is 17.5 Å². The smallest absolute Gasteiger partial charge is 0.233 e. The number of anilines is 1. The maximum Gasteiger partial charge on any atom is 0.233 e. The van der Waals surface area contributed by atoms with Gasteiger partial charge in [-0.2, -0.15) is 0 Å². The Bertz CT molecular complexity index is 699. The largest absolute Gasteiger partial charge is 0.396 e. The molecule has 0 saturated carbocycles. The molecule has 138 valence electrons. The van der Waals surface area contributed by atoms with Gasteiger partial charge < -0.3 is 15.3 Å². The van der Waals surface area contributed by atoms with E-state index in [0.717, 1.165) is 11.1 Å². The molecular weight excluding hydrogens is 328 g/mol. The van der Waals surface area contributed by atoms with E-state index >= 15 is 0 Å². The molecule has 0 heterocycles. The van der Waals surface area contributed by atoms with Gasteiger partial charge in [-0.15, -0.1) is 0 Å². The minimum Gasteiger partial charge on any atom is -0.396 e. The molecule has 26 heavy (non-hydrogen) atoms. The Morgan fingerprint density at radius 2 is 1.69 bits per heavy atom. The first-order chi connectivity index (χ1) is 12.6. The van der Waals surface area contributed by atoms with Gasteiger partial charge in [0.1, 0.15) is 6.42 Å². The summed E-state index contributed by atoms with van der Waals surface area (Å²) < 4.78 is 0. The number of carbonyl (C=O) groups excluding carboxylic acids is 2. The highest BCUT2D eigenvalue weighted by atomic mass is 16.3. The summed E-state index contributed by atoms with van der Waals surface area (Å²) >= 11 is 0. The first kappa shape index (κ1) is 19.7. The van der Waals surface area contributed by atoms with E-state index in [-0.39, 0.29) is 24.8 Å². The Labute approximate surface area is 154 Å². The Hall–Kier alpha value is -2.66. The molecule has 2 N–H and O–H groups in total. The molecule has 0 aromatic heterocycles. The summed E-state index contributed by atoms with van der Waals surface area (Å²) in [6.07, 6.45) is 1.14. The molecule has 0 radical (unpaired) electrons. The molecule has 5 heteroatoms. The Morgan fingerprint density at radius 3 is 2.35 bits per heavy atom.